The standard InChI is InChI=1S/C33H38BrN3O5/c1-31(2,3)41-30(39)37(42-32(4,5)6)17-11-7-10-16-36-27-19-22(21-35)18-26(34)28(27)33(40,29(36)38)25-15-14-23-12-8-9-13-24(23)20-25/h8-9,12-15,18-20,40H,7,10-11,16-17H2,1-6H3. The highest BCUT2D eigenvalue weighted by Gasteiger charge is 2.52. The molecule has 3 aromatic rings. The molecule has 222 valence electrons. The van der Waals surface area contributed by atoms with Gasteiger partial charge < -0.3 is 14.7 Å². The van der Waals surface area contributed by atoms with Crippen LogP contribution in [0.25, 0.3) is 10.8 Å². The molecule has 1 heterocycles. The van der Waals surface area contributed by atoms with Crippen molar-refractivity contribution in [1.29, 1.82) is 5.26 Å². The molecule has 1 aliphatic rings. The molecule has 1 aliphatic heterocycles. The lowest BCUT2D eigenvalue weighted by molar-refractivity contribution is -0.211. The molecule has 2 amide bonds. The van der Waals surface area contributed by atoms with E-state index in [1.807, 2.05) is 57.2 Å². The van der Waals surface area contributed by atoms with Gasteiger partial charge in [0.15, 0.2) is 5.60 Å². The van der Waals surface area contributed by atoms with Gasteiger partial charge >= 0.3 is 6.09 Å². The van der Waals surface area contributed by atoms with E-state index in [4.69, 9.17) is 9.57 Å². The van der Waals surface area contributed by atoms with Gasteiger partial charge in [0, 0.05) is 16.6 Å². The molecule has 0 aliphatic carbocycles. The smallest absolute Gasteiger partial charge is 0.434 e. The quantitative estimate of drug-likeness (QED) is 0.207. The van der Waals surface area contributed by atoms with Gasteiger partial charge in [-0.1, -0.05) is 52.3 Å². The van der Waals surface area contributed by atoms with Crippen molar-refractivity contribution in [2.75, 3.05) is 18.0 Å². The molecule has 4 rings (SSSR count). The zero-order chi connectivity index (χ0) is 30.9. The number of unbranched alkanes of at least 4 members (excludes halogenated alkanes) is 2. The maximum atomic E-state index is 14.0. The van der Waals surface area contributed by atoms with E-state index in [1.165, 1.54) is 5.06 Å². The molecule has 0 spiro atoms. The molecule has 1 N–H and O–H groups in total. The van der Waals surface area contributed by atoms with Crippen LogP contribution < -0.4 is 4.90 Å². The SMILES string of the molecule is CC(C)(C)OC(=O)N(CCCCCN1C(=O)C(O)(c2ccc3ccccc3c2)c2c(Br)cc(C#N)cc21)OC(C)(C)C. The number of hydrogen-bond acceptors (Lipinski definition) is 6. The molecule has 42 heavy (non-hydrogen) atoms. The van der Waals surface area contributed by atoms with Gasteiger partial charge in [-0.15, -0.1) is 0 Å². The summed E-state index contributed by atoms with van der Waals surface area (Å²) in [6, 6.07) is 18.7. The normalized spacial score (nSPS) is 16.8. The van der Waals surface area contributed by atoms with Crippen molar-refractivity contribution in [3.8, 4) is 6.07 Å². The molecule has 8 nitrogen and oxygen atoms in total. The van der Waals surface area contributed by atoms with Crippen molar-refractivity contribution >= 4 is 44.4 Å². The van der Waals surface area contributed by atoms with E-state index in [9.17, 15) is 20.0 Å². The summed E-state index contributed by atoms with van der Waals surface area (Å²) in [5.74, 6) is -0.463. The van der Waals surface area contributed by atoms with Crippen molar-refractivity contribution in [1.82, 2.24) is 5.06 Å². The Labute approximate surface area is 255 Å². The van der Waals surface area contributed by atoms with Crippen molar-refractivity contribution in [3.63, 3.8) is 0 Å². The third-order valence-corrected chi connectivity index (χ3v) is 7.42. The first-order valence-electron chi connectivity index (χ1n) is 14.1. The summed E-state index contributed by atoms with van der Waals surface area (Å²) >= 11 is 3.53. The number of nitrogens with zero attached hydrogens (tertiary/aromatic N) is 3. The summed E-state index contributed by atoms with van der Waals surface area (Å²) in [5.41, 5.74) is -1.37. The molecule has 0 saturated carbocycles. The number of halogens is 1. The van der Waals surface area contributed by atoms with Crippen molar-refractivity contribution in [3.05, 3.63) is 75.8 Å². The van der Waals surface area contributed by atoms with E-state index >= 15 is 0 Å². The highest BCUT2D eigenvalue weighted by molar-refractivity contribution is 9.10. The Morgan fingerprint density at radius 2 is 1.69 bits per heavy atom. The Morgan fingerprint density at radius 3 is 2.33 bits per heavy atom. The molecule has 0 bridgehead atoms. The minimum Gasteiger partial charge on any atom is -0.442 e. The third-order valence-electron chi connectivity index (χ3n) is 6.80. The van der Waals surface area contributed by atoms with Crippen LogP contribution in [0.1, 0.15) is 77.5 Å². The van der Waals surface area contributed by atoms with Crippen molar-refractivity contribution in [2.45, 2.75) is 77.6 Å². The number of carbonyl (C=O) groups is 2. The van der Waals surface area contributed by atoms with Gasteiger partial charge in [-0.05, 0) is 95.3 Å². The number of fused-ring (bicyclic) bond motifs is 2. The lowest BCUT2D eigenvalue weighted by Crippen LogP contribution is -2.42. The highest BCUT2D eigenvalue weighted by Crippen LogP contribution is 2.49. The maximum absolute atomic E-state index is 14.0. The Kier molecular flexibility index (Phi) is 9.02. The fourth-order valence-corrected chi connectivity index (χ4v) is 5.80. The fourth-order valence-electron chi connectivity index (χ4n) is 5.06. The van der Waals surface area contributed by atoms with Crippen LogP contribution in [-0.2, 0) is 20.0 Å². The molecule has 9 heteroatoms. The lowest BCUT2D eigenvalue weighted by atomic mass is 9.86. The van der Waals surface area contributed by atoms with Crippen molar-refractivity contribution in [2.24, 2.45) is 0 Å². The average molecular weight is 637 g/mol. The number of carbonyl (C=O) groups excluding carboxylic acids is 2. The third kappa shape index (κ3) is 6.78. The first-order valence-corrected chi connectivity index (χ1v) is 14.9. The number of rotatable bonds is 8. The summed E-state index contributed by atoms with van der Waals surface area (Å²) in [6.45, 7) is 11.7. The van der Waals surface area contributed by atoms with Crippen molar-refractivity contribution < 1.29 is 24.3 Å². The maximum Gasteiger partial charge on any atom is 0.434 e. The number of benzene rings is 3. The van der Waals surface area contributed by atoms with E-state index in [0.29, 0.717) is 59.2 Å². The second-order valence-corrected chi connectivity index (χ2v) is 13.4. The van der Waals surface area contributed by atoms with Crippen LogP contribution in [0.4, 0.5) is 10.5 Å². The Balaban J connectivity index is 1.53. The van der Waals surface area contributed by atoms with E-state index in [-0.39, 0.29) is 0 Å². The Bertz CT molecular complexity index is 1540. The van der Waals surface area contributed by atoms with Gasteiger partial charge in [0.25, 0.3) is 5.91 Å². The van der Waals surface area contributed by atoms with Crippen LogP contribution in [0.3, 0.4) is 0 Å². The predicted molar refractivity (Wildman–Crippen MR) is 166 cm³/mol. The number of amides is 2. The van der Waals surface area contributed by atoms with Crippen LogP contribution in [0, 0.1) is 11.3 Å². The first kappa shape index (κ1) is 31.5. The molecule has 0 fully saturated rings. The van der Waals surface area contributed by atoms with E-state index < -0.39 is 28.8 Å². The molecule has 3 aromatic carbocycles. The number of anilines is 1. The number of aliphatic hydroxyl groups is 1. The zero-order valence-corrected chi connectivity index (χ0v) is 26.6. The van der Waals surface area contributed by atoms with Gasteiger partial charge in [-0.25, -0.2) is 4.79 Å². The van der Waals surface area contributed by atoms with Crippen LogP contribution in [0.2, 0.25) is 0 Å². The predicted octanol–water partition coefficient (Wildman–Crippen LogP) is 7.19. The van der Waals surface area contributed by atoms with Gasteiger partial charge in [-0.3, -0.25) is 9.63 Å². The van der Waals surface area contributed by atoms with Gasteiger partial charge in [0.05, 0.1) is 29.5 Å². The Hall–Kier alpha value is -3.45. The van der Waals surface area contributed by atoms with Crippen LogP contribution in [0.5, 0.6) is 0 Å². The minimum absolute atomic E-state index is 0.321. The second kappa shape index (κ2) is 12.0. The highest BCUT2D eigenvalue weighted by atomic mass is 79.9. The number of ether oxygens (including phenoxy) is 1. The second-order valence-electron chi connectivity index (χ2n) is 12.5. The van der Waals surface area contributed by atoms with Crippen LogP contribution in [-0.4, -0.2) is 46.5 Å². The molecule has 1 unspecified atom stereocenters. The van der Waals surface area contributed by atoms with E-state index in [1.54, 1.807) is 43.9 Å². The monoisotopic (exact) mass is 635 g/mol. The molecule has 1 atom stereocenters. The molecule has 0 saturated heterocycles. The largest absolute Gasteiger partial charge is 0.442 e. The van der Waals surface area contributed by atoms with Crippen LogP contribution in [0.15, 0.2) is 59.1 Å². The Morgan fingerprint density at radius 1 is 1.00 bits per heavy atom. The molecule has 0 aromatic heterocycles. The van der Waals surface area contributed by atoms with E-state index in [2.05, 4.69) is 22.0 Å². The minimum atomic E-state index is -1.92. The summed E-state index contributed by atoms with van der Waals surface area (Å²) in [4.78, 5) is 34.2. The van der Waals surface area contributed by atoms with E-state index in [0.717, 1.165) is 10.8 Å². The number of hydroxylamine groups is 2. The van der Waals surface area contributed by atoms with Crippen LogP contribution >= 0.6 is 15.9 Å². The first-order chi connectivity index (χ1) is 19.6. The fraction of sp³-hybridized carbons (Fsp3) is 0.424. The van der Waals surface area contributed by atoms with Gasteiger partial charge in [0.2, 0.25) is 0 Å². The van der Waals surface area contributed by atoms with Gasteiger partial charge in [-0.2, -0.15) is 10.3 Å². The molecule has 0 radical (unpaired) electrons. The zero-order valence-electron chi connectivity index (χ0n) is 25.0. The number of hydrogen-bond donors (Lipinski definition) is 1. The number of nitriles is 1. The lowest BCUT2D eigenvalue weighted by Gasteiger charge is -2.31. The van der Waals surface area contributed by atoms with Gasteiger partial charge in [0.1, 0.15) is 5.60 Å². The summed E-state index contributed by atoms with van der Waals surface area (Å²) in [6.07, 6.45) is 1.35. The average Bonchev–Trinajstić information content (AvgIpc) is 3.12. The summed E-state index contributed by atoms with van der Waals surface area (Å²) < 4.78 is 6.01. The summed E-state index contributed by atoms with van der Waals surface area (Å²) in [7, 11) is 0. The molecular weight excluding hydrogens is 598 g/mol. The topological polar surface area (TPSA) is 103 Å². The summed E-state index contributed by atoms with van der Waals surface area (Å²) in [5, 5.41) is 24.9. The molecular formula is C33H38BrN3O5.